The van der Waals surface area contributed by atoms with Crippen molar-refractivity contribution in [3.63, 3.8) is 0 Å². The molecular weight excluding hydrogens is 486 g/mol. The van der Waals surface area contributed by atoms with E-state index in [4.69, 9.17) is 11.5 Å². The van der Waals surface area contributed by atoms with Gasteiger partial charge in [0.25, 0.3) is 5.91 Å². The Bertz CT molecular complexity index is 1170. The maximum atomic E-state index is 13.6. The fourth-order valence-corrected chi connectivity index (χ4v) is 5.74. The maximum Gasteiger partial charge on any atom is 0.255 e. The SMILES string of the molecule is CN(C)[C@@H]1C(=O)C(C(N)=O)=C(O)[C@@]2(O)C(=O)C3=C(O)c4c(cc(Br)c(N)c4O)C[C@H]3C[C@@H]12. The zero-order valence-electron chi connectivity index (χ0n) is 17.2. The van der Waals surface area contributed by atoms with Crippen molar-refractivity contribution in [2.24, 2.45) is 17.6 Å². The number of aromatic hydroxyl groups is 1. The van der Waals surface area contributed by atoms with Crippen molar-refractivity contribution in [2.75, 3.05) is 19.8 Å². The number of hydrogen-bond acceptors (Lipinski definition) is 9. The summed E-state index contributed by atoms with van der Waals surface area (Å²) in [6.07, 6.45) is 0.246. The summed E-state index contributed by atoms with van der Waals surface area (Å²) in [6.45, 7) is 0. The second kappa shape index (κ2) is 7.06. The summed E-state index contributed by atoms with van der Waals surface area (Å²) < 4.78 is 0.411. The molecule has 0 bridgehead atoms. The first-order chi connectivity index (χ1) is 14.8. The first-order valence-corrected chi connectivity index (χ1v) is 10.6. The van der Waals surface area contributed by atoms with Crippen LogP contribution in [0.25, 0.3) is 5.76 Å². The van der Waals surface area contributed by atoms with Crippen LogP contribution in [-0.2, 0) is 20.8 Å². The highest BCUT2D eigenvalue weighted by molar-refractivity contribution is 9.10. The molecular formula is C21H22BrN3O7. The lowest BCUT2D eigenvalue weighted by molar-refractivity contribution is -0.153. The second-order valence-corrected chi connectivity index (χ2v) is 9.47. The number of anilines is 1. The molecule has 4 atom stereocenters. The molecule has 3 aliphatic carbocycles. The summed E-state index contributed by atoms with van der Waals surface area (Å²) in [4.78, 5) is 39.9. The minimum atomic E-state index is -2.65. The van der Waals surface area contributed by atoms with Crippen molar-refractivity contribution >= 4 is 44.9 Å². The Morgan fingerprint density at radius 2 is 1.88 bits per heavy atom. The Hall–Kier alpha value is -2.89. The van der Waals surface area contributed by atoms with Gasteiger partial charge < -0.3 is 31.9 Å². The molecule has 1 aromatic carbocycles. The third kappa shape index (κ3) is 2.68. The molecule has 1 fully saturated rings. The molecule has 11 heteroatoms. The number of Topliss-reactive ketones (excluding diaryl/α,β-unsaturated/α-hetero) is 2. The first-order valence-electron chi connectivity index (χ1n) is 9.78. The van der Waals surface area contributed by atoms with Crippen LogP contribution in [0.4, 0.5) is 5.69 Å². The zero-order valence-corrected chi connectivity index (χ0v) is 18.8. The van der Waals surface area contributed by atoms with Gasteiger partial charge in [0.05, 0.1) is 17.3 Å². The van der Waals surface area contributed by atoms with Gasteiger partial charge in [-0.2, -0.15) is 0 Å². The van der Waals surface area contributed by atoms with E-state index in [0.29, 0.717) is 10.0 Å². The van der Waals surface area contributed by atoms with Crippen molar-refractivity contribution < 1.29 is 34.8 Å². The van der Waals surface area contributed by atoms with Crippen LogP contribution in [0.2, 0.25) is 0 Å². The average Bonchev–Trinajstić information content (AvgIpc) is 2.68. The van der Waals surface area contributed by atoms with Gasteiger partial charge in [-0.05, 0) is 60.4 Å². The predicted octanol–water partition coefficient (Wildman–Crippen LogP) is 0.309. The number of phenols is 1. The molecule has 0 saturated heterocycles. The van der Waals surface area contributed by atoms with Crippen LogP contribution < -0.4 is 11.5 Å². The second-order valence-electron chi connectivity index (χ2n) is 8.62. The Balaban J connectivity index is 1.99. The van der Waals surface area contributed by atoms with Crippen molar-refractivity contribution in [2.45, 2.75) is 24.5 Å². The van der Waals surface area contributed by atoms with Crippen molar-refractivity contribution in [3.05, 3.63) is 38.6 Å². The molecule has 1 amide bonds. The molecule has 0 unspecified atom stereocenters. The number of aliphatic hydroxyl groups excluding tert-OH is 2. The minimum absolute atomic E-state index is 0.0362. The Labute approximate surface area is 190 Å². The van der Waals surface area contributed by atoms with Crippen LogP contribution in [0.3, 0.4) is 0 Å². The molecule has 32 heavy (non-hydrogen) atoms. The molecule has 4 rings (SSSR count). The normalized spacial score (nSPS) is 29.7. The lowest BCUT2D eigenvalue weighted by Crippen LogP contribution is -2.65. The van der Waals surface area contributed by atoms with Gasteiger partial charge in [-0.15, -0.1) is 0 Å². The number of halogens is 1. The fraction of sp³-hybridized carbons (Fsp3) is 0.381. The Morgan fingerprint density at radius 1 is 1.25 bits per heavy atom. The molecule has 10 nitrogen and oxygen atoms in total. The third-order valence-electron chi connectivity index (χ3n) is 6.70. The number of fused-ring (bicyclic) bond motifs is 3. The van der Waals surface area contributed by atoms with E-state index in [1.807, 2.05) is 0 Å². The standard InChI is InChI=1S/C21H22BrN3O7/c1-25(2)14-8-4-6-3-7-5-9(22)13(23)16(27)10(7)15(26)11(6)18(29)21(8,32)19(30)12(17(14)28)20(24)31/h5-6,8,14,26-27,30,32H,3-4,23H2,1-2H3,(H2,24,31)/t6-,8-,14-,21-/m0/s1. The molecule has 0 heterocycles. The number of nitrogen functional groups attached to an aromatic ring is 1. The number of primary amides is 1. The van der Waals surface area contributed by atoms with Crippen molar-refractivity contribution in [1.82, 2.24) is 4.90 Å². The van der Waals surface area contributed by atoms with Gasteiger partial charge in [-0.3, -0.25) is 19.3 Å². The van der Waals surface area contributed by atoms with E-state index in [1.54, 1.807) is 20.2 Å². The molecule has 1 saturated carbocycles. The van der Waals surface area contributed by atoms with Gasteiger partial charge in [0.2, 0.25) is 5.78 Å². The van der Waals surface area contributed by atoms with Crippen LogP contribution in [0.5, 0.6) is 5.75 Å². The van der Waals surface area contributed by atoms with E-state index in [9.17, 15) is 34.8 Å². The average molecular weight is 508 g/mol. The molecule has 1 aromatic rings. The number of rotatable bonds is 2. The number of nitrogens with zero attached hydrogens (tertiary/aromatic N) is 1. The molecule has 3 aliphatic rings. The van der Waals surface area contributed by atoms with Crippen molar-refractivity contribution in [1.29, 1.82) is 0 Å². The summed E-state index contributed by atoms with van der Waals surface area (Å²) >= 11 is 3.25. The maximum absolute atomic E-state index is 13.6. The van der Waals surface area contributed by atoms with Crippen LogP contribution in [0.15, 0.2) is 27.4 Å². The molecule has 0 spiro atoms. The number of nitrogens with two attached hydrogens (primary N) is 2. The highest BCUT2D eigenvalue weighted by Crippen LogP contribution is 2.53. The van der Waals surface area contributed by atoms with E-state index in [1.165, 1.54) is 4.90 Å². The summed E-state index contributed by atoms with van der Waals surface area (Å²) in [5, 5.41) is 43.7. The van der Waals surface area contributed by atoms with E-state index < -0.39 is 63.8 Å². The number of hydrogen-bond donors (Lipinski definition) is 6. The predicted molar refractivity (Wildman–Crippen MR) is 116 cm³/mol. The number of carbonyl (C=O) groups is 3. The van der Waals surface area contributed by atoms with Crippen LogP contribution >= 0.6 is 15.9 Å². The Kier molecular flexibility index (Phi) is 4.92. The fourth-order valence-electron chi connectivity index (χ4n) is 5.28. The van der Waals surface area contributed by atoms with Gasteiger partial charge in [-0.25, -0.2) is 0 Å². The molecule has 8 N–H and O–H groups in total. The summed E-state index contributed by atoms with van der Waals surface area (Å²) in [5.74, 6) is -6.96. The van der Waals surface area contributed by atoms with Crippen LogP contribution in [-0.4, -0.2) is 68.5 Å². The third-order valence-corrected chi connectivity index (χ3v) is 7.36. The largest absolute Gasteiger partial charge is 0.508 e. The number of carbonyl (C=O) groups excluding carboxylic acids is 3. The van der Waals surface area contributed by atoms with E-state index in [-0.39, 0.29) is 29.7 Å². The van der Waals surface area contributed by atoms with E-state index in [2.05, 4.69) is 15.9 Å². The first kappa shape index (κ1) is 22.3. The molecule has 0 aliphatic heterocycles. The highest BCUT2D eigenvalue weighted by atomic mass is 79.9. The van der Waals surface area contributed by atoms with Crippen molar-refractivity contribution in [3.8, 4) is 5.75 Å². The number of likely N-dealkylation sites (N-methyl/N-ethyl adjacent to an activating group) is 1. The minimum Gasteiger partial charge on any atom is -0.508 e. The lowest BCUT2D eigenvalue weighted by Gasteiger charge is -2.50. The van der Waals surface area contributed by atoms with E-state index >= 15 is 0 Å². The zero-order chi connectivity index (χ0) is 23.9. The number of amides is 1. The van der Waals surface area contributed by atoms with Gasteiger partial charge in [0, 0.05) is 16.0 Å². The molecule has 0 aromatic heterocycles. The van der Waals surface area contributed by atoms with Gasteiger partial charge >= 0.3 is 0 Å². The Morgan fingerprint density at radius 3 is 2.44 bits per heavy atom. The molecule has 0 radical (unpaired) electrons. The summed E-state index contributed by atoms with van der Waals surface area (Å²) in [5.41, 5.74) is 7.85. The van der Waals surface area contributed by atoms with Crippen LogP contribution in [0, 0.1) is 11.8 Å². The van der Waals surface area contributed by atoms with Gasteiger partial charge in [0.15, 0.2) is 17.1 Å². The summed E-state index contributed by atoms with van der Waals surface area (Å²) in [7, 11) is 3.09. The number of benzene rings is 1. The van der Waals surface area contributed by atoms with E-state index in [0.717, 1.165) is 0 Å². The molecule has 170 valence electrons. The monoisotopic (exact) mass is 507 g/mol. The number of aliphatic hydroxyl groups is 3. The van der Waals surface area contributed by atoms with Gasteiger partial charge in [0.1, 0.15) is 17.1 Å². The highest BCUT2D eigenvalue weighted by Gasteiger charge is 2.64. The number of phenolic OH excluding ortho intramolecular Hbond substituents is 1. The lowest BCUT2D eigenvalue weighted by atomic mass is 9.57. The smallest absolute Gasteiger partial charge is 0.255 e. The van der Waals surface area contributed by atoms with Gasteiger partial charge in [-0.1, -0.05) is 0 Å². The quantitative estimate of drug-likeness (QED) is 0.186. The van der Waals surface area contributed by atoms with Crippen LogP contribution in [0.1, 0.15) is 17.5 Å². The summed E-state index contributed by atoms with van der Waals surface area (Å²) in [6, 6.07) is 0.514. The number of ketones is 2. The topological polar surface area (TPSA) is 187 Å².